The largest absolute Gasteiger partial charge is 0.350 e. The molecule has 2 aromatic rings. The second-order valence-corrected chi connectivity index (χ2v) is 5.57. The van der Waals surface area contributed by atoms with Crippen LogP contribution >= 0.6 is 11.6 Å². The summed E-state index contributed by atoms with van der Waals surface area (Å²) in [4.78, 5) is 20.5. The van der Waals surface area contributed by atoms with Crippen molar-refractivity contribution >= 4 is 17.5 Å². The van der Waals surface area contributed by atoms with Crippen molar-refractivity contribution in [3.63, 3.8) is 0 Å². The van der Waals surface area contributed by atoms with Crippen molar-refractivity contribution in [3.8, 4) is 6.07 Å². The van der Waals surface area contributed by atoms with Gasteiger partial charge in [-0.3, -0.25) is 9.78 Å². The summed E-state index contributed by atoms with van der Waals surface area (Å²) in [6.07, 6.45) is 5.08. The first-order valence-electron chi connectivity index (χ1n) is 6.96. The monoisotopic (exact) mass is 312 g/mol. The SMILES string of the molecule is N#Cc1cnc(C(=O)NCC2CCc3cccnc32)c(Cl)c1. The molecule has 1 N–H and O–H groups in total. The highest BCUT2D eigenvalue weighted by molar-refractivity contribution is 6.33. The van der Waals surface area contributed by atoms with Gasteiger partial charge in [0.05, 0.1) is 10.6 Å². The summed E-state index contributed by atoms with van der Waals surface area (Å²) in [6, 6.07) is 7.38. The van der Waals surface area contributed by atoms with Crippen molar-refractivity contribution < 1.29 is 4.79 Å². The molecule has 2 aromatic heterocycles. The summed E-state index contributed by atoms with van der Waals surface area (Å²) < 4.78 is 0. The lowest BCUT2D eigenvalue weighted by Gasteiger charge is -2.12. The van der Waals surface area contributed by atoms with Gasteiger partial charge in [0.15, 0.2) is 0 Å². The van der Waals surface area contributed by atoms with Crippen LogP contribution in [-0.2, 0) is 6.42 Å². The van der Waals surface area contributed by atoms with Gasteiger partial charge in [0.1, 0.15) is 11.8 Å². The summed E-state index contributed by atoms with van der Waals surface area (Å²) in [7, 11) is 0. The van der Waals surface area contributed by atoms with E-state index in [1.807, 2.05) is 12.1 Å². The van der Waals surface area contributed by atoms with E-state index in [1.165, 1.54) is 17.8 Å². The molecule has 1 atom stereocenters. The number of aryl methyl sites for hydroxylation is 1. The number of nitriles is 1. The Kier molecular flexibility index (Phi) is 4.03. The average Bonchev–Trinajstić information content (AvgIpc) is 2.95. The fraction of sp³-hybridized carbons (Fsp3) is 0.250. The molecule has 6 heteroatoms. The van der Waals surface area contributed by atoms with Crippen LogP contribution in [0.25, 0.3) is 0 Å². The molecule has 0 spiro atoms. The molecular weight excluding hydrogens is 300 g/mol. The molecule has 2 heterocycles. The second-order valence-electron chi connectivity index (χ2n) is 5.16. The molecule has 110 valence electrons. The van der Waals surface area contributed by atoms with E-state index in [1.54, 1.807) is 6.20 Å². The van der Waals surface area contributed by atoms with E-state index < -0.39 is 0 Å². The first-order valence-corrected chi connectivity index (χ1v) is 7.34. The van der Waals surface area contributed by atoms with Crippen molar-refractivity contribution in [1.82, 2.24) is 15.3 Å². The van der Waals surface area contributed by atoms with Crippen molar-refractivity contribution in [2.24, 2.45) is 0 Å². The Labute approximate surface area is 133 Å². The van der Waals surface area contributed by atoms with Gasteiger partial charge in [0.25, 0.3) is 5.91 Å². The number of amides is 1. The van der Waals surface area contributed by atoms with Crippen molar-refractivity contribution in [2.75, 3.05) is 6.54 Å². The van der Waals surface area contributed by atoms with Crippen LogP contribution in [0.4, 0.5) is 0 Å². The van der Waals surface area contributed by atoms with Crippen LogP contribution in [0.1, 0.15) is 39.6 Å². The van der Waals surface area contributed by atoms with E-state index >= 15 is 0 Å². The zero-order valence-corrected chi connectivity index (χ0v) is 12.5. The molecule has 22 heavy (non-hydrogen) atoms. The van der Waals surface area contributed by atoms with Gasteiger partial charge in [-0.25, -0.2) is 4.98 Å². The number of nitrogens with zero attached hydrogens (tertiary/aromatic N) is 3. The van der Waals surface area contributed by atoms with Gasteiger partial charge in [-0.2, -0.15) is 5.26 Å². The standard InChI is InChI=1S/C16H13ClN4O/c17-13-6-10(7-18)8-20-15(13)16(22)21-9-12-4-3-11-2-1-5-19-14(11)12/h1-2,5-6,8,12H,3-4,9H2,(H,21,22). The van der Waals surface area contributed by atoms with Crippen LogP contribution in [0, 0.1) is 11.3 Å². The van der Waals surface area contributed by atoms with Gasteiger partial charge < -0.3 is 5.32 Å². The Morgan fingerprint density at radius 2 is 2.36 bits per heavy atom. The molecule has 1 aliphatic carbocycles. The van der Waals surface area contributed by atoms with E-state index in [9.17, 15) is 4.79 Å². The molecule has 3 rings (SSSR count). The maximum absolute atomic E-state index is 12.2. The number of rotatable bonds is 3. The number of hydrogen-bond acceptors (Lipinski definition) is 4. The Morgan fingerprint density at radius 1 is 1.50 bits per heavy atom. The van der Waals surface area contributed by atoms with Crippen LogP contribution < -0.4 is 5.32 Å². The van der Waals surface area contributed by atoms with Gasteiger partial charge in [-0.1, -0.05) is 17.7 Å². The normalized spacial score (nSPS) is 15.9. The zero-order chi connectivity index (χ0) is 15.5. The molecule has 1 unspecified atom stereocenters. The number of carbonyl (C=O) groups is 1. The predicted octanol–water partition coefficient (Wildman–Crippen LogP) is 2.46. The lowest BCUT2D eigenvalue weighted by molar-refractivity contribution is 0.0946. The number of nitrogens with one attached hydrogen (secondary N) is 1. The zero-order valence-electron chi connectivity index (χ0n) is 11.7. The number of aromatic nitrogens is 2. The van der Waals surface area contributed by atoms with Crippen LogP contribution in [0.2, 0.25) is 5.02 Å². The van der Waals surface area contributed by atoms with Crippen LogP contribution in [0.15, 0.2) is 30.6 Å². The fourth-order valence-electron chi connectivity index (χ4n) is 2.66. The summed E-state index contributed by atoms with van der Waals surface area (Å²) >= 11 is 5.99. The molecule has 1 aliphatic rings. The highest BCUT2D eigenvalue weighted by Gasteiger charge is 2.24. The molecule has 0 aromatic carbocycles. The third-order valence-electron chi connectivity index (χ3n) is 3.77. The Morgan fingerprint density at radius 3 is 3.14 bits per heavy atom. The number of pyridine rings is 2. The predicted molar refractivity (Wildman–Crippen MR) is 81.6 cm³/mol. The third-order valence-corrected chi connectivity index (χ3v) is 4.06. The topological polar surface area (TPSA) is 78.7 Å². The van der Waals surface area contributed by atoms with E-state index in [4.69, 9.17) is 16.9 Å². The second kappa shape index (κ2) is 6.12. The maximum atomic E-state index is 12.2. The lowest BCUT2D eigenvalue weighted by Crippen LogP contribution is -2.29. The molecule has 1 amide bonds. The summed E-state index contributed by atoms with van der Waals surface area (Å²) in [5.74, 6) is -0.115. The summed E-state index contributed by atoms with van der Waals surface area (Å²) in [5.41, 5.74) is 2.77. The molecule has 0 fully saturated rings. The van der Waals surface area contributed by atoms with E-state index in [2.05, 4.69) is 21.4 Å². The molecule has 0 aliphatic heterocycles. The Bertz CT molecular complexity index is 769. The molecule has 0 saturated heterocycles. The molecule has 5 nitrogen and oxygen atoms in total. The van der Waals surface area contributed by atoms with Gasteiger partial charge in [0, 0.05) is 30.6 Å². The van der Waals surface area contributed by atoms with Crippen molar-refractivity contribution in [1.29, 1.82) is 5.26 Å². The molecule has 0 saturated carbocycles. The van der Waals surface area contributed by atoms with Gasteiger partial charge in [-0.05, 0) is 30.5 Å². The van der Waals surface area contributed by atoms with Gasteiger partial charge in [0.2, 0.25) is 0 Å². The van der Waals surface area contributed by atoms with E-state index in [-0.39, 0.29) is 22.5 Å². The highest BCUT2D eigenvalue weighted by Crippen LogP contribution is 2.30. The van der Waals surface area contributed by atoms with Crippen LogP contribution in [0.3, 0.4) is 0 Å². The first-order chi connectivity index (χ1) is 10.7. The molecular formula is C16H13ClN4O. The fourth-order valence-corrected chi connectivity index (χ4v) is 2.91. The van der Waals surface area contributed by atoms with Crippen molar-refractivity contribution in [3.05, 3.63) is 58.1 Å². The van der Waals surface area contributed by atoms with E-state index in [0.29, 0.717) is 12.1 Å². The van der Waals surface area contributed by atoms with Crippen molar-refractivity contribution in [2.45, 2.75) is 18.8 Å². The number of hydrogen-bond donors (Lipinski definition) is 1. The minimum atomic E-state index is -0.334. The van der Waals surface area contributed by atoms with Gasteiger partial charge in [-0.15, -0.1) is 0 Å². The molecule has 0 bridgehead atoms. The van der Waals surface area contributed by atoms with Gasteiger partial charge >= 0.3 is 0 Å². The quantitative estimate of drug-likeness (QED) is 0.944. The first kappa shape index (κ1) is 14.5. The van der Waals surface area contributed by atoms with Crippen LogP contribution in [0.5, 0.6) is 0 Å². The lowest BCUT2D eigenvalue weighted by atomic mass is 10.1. The maximum Gasteiger partial charge on any atom is 0.271 e. The van der Waals surface area contributed by atoms with E-state index in [0.717, 1.165) is 18.5 Å². The molecule has 0 radical (unpaired) electrons. The summed E-state index contributed by atoms with van der Waals surface area (Å²) in [5, 5.41) is 11.8. The minimum Gasteiger partial charge on any atom is -0.350 e. The number of halogens is 1. The number of fused-ring (bicyclic) bond motifs is 1. The Balaban J connectivity index is 1.68. The highest BCUT2D eigenvalue weighted by atomic mass is 35.5. The average molecular weight is 313 g/mol. The smallest absolute Gasteiger partial charge is 0.271 e. The summed E-state index contributed by atoms with van der Waals surface area (Å²) in [6.45, 7) is 0.501. The van der Waals surface area contributed by atoms with Crippen LogP contribution in [-0.4, -0.2) is 22.4 Å². The third kappa shape index (κ3) is 2.78. The minimum absolute atomic E-state index is 0.139. The number of carbonyl (C=O) groups excluding carboxylic acids is 1. The Hall–Kier alpha value is -2.45.